The normalized spacial score (nSPS) is 24.7. The molecule has 2 aliphatic rings. The van der Waals surface area contributed by atoms with Crippen LogP contribution in [0.15, 0.2) is 23.0 Å². The predicted molar refractivity (Wildman–Crippen MR) is 89.1 cm³/mol. The number of aromatic nitrogens is 1. The van der Waals surface area contributed by atoms with Crippen LogP contribution in [0.2, 0.25) is 0 Å². The van der Waals surface area contributed by atoms with Crippen LogP contribution < -0.4 is 11.3 Å². The highest BCUT2D eigenvalue weighted by atomic mass is 32.2. The molecular formula is C16H23N3O2S. The molecule has 0 aromatic carbocycles. The Morgan fingerprint density at radius 2 is 2.23 bits per heavy atom. The molecule has 1 fully saturated rings. The Balaban J connectivity index is 1.76. The number of carbonyl (C=O) groups is 1. The van der Waals surface area contributed by atoms with E-state index in [0.717, 1.165) is 37.4 Å². The largest absolute Gasteiger partial charge is 0.340 e. The van der Waals surface area contributed by atoms with E-state index in [0.29, 0.717) is 12.5 Å². The fourth-order valence-corrected chi connectivity index (χ4v) is 4.17. The third-order valence-corrected chi connectivity index (χ3v) is 5.39. The number of hydrogen-bond donors (Lipinski definition) is 1. The fraction of sp³-hybridized carbons (Fsp3) is 0.625. The average Bonchev–Trinajstić information content (AvgIpc) is 2.52. The molecule has 120 valence electrons. The summed E-state index contributed by atoms with van der Waals surface area (Å²) >= 11 is 1.71. The molecule has 0 radical (unpaired) electrons. The first kappa shape index (κ1) is 15.6. The Morgan fingerprint density at radius 3 is 3.00 bits per heavy atom. The van der Waals surface area contributed by atoms with Crippen LogP contribution in [0.1, 0.15) is 24.5 Å². The van der Waals surface area contributed by atoms with E-state index in [4.69, 9.17) is 5.73 Å². The minimum Gasteiger partial charge on any atom is -0.340 e. The minimum absolute atomic E-state index is 0.0653. The van der Waals surface area contributed by atoms with E-state index in [1.54, 1.807) is 17.8 Å². The maximum absolute atomic E-state index is 12.5. The van der Waals surface area contributed by atoms with Gasteiger partial charge >= 0.3 is 0 Å². The van der Waals surface area contributed by atoms with Crippen molar-refractivity contribution in [1.29, 1.82) is 0 Å². The molecule has 1 saturated heterocycles. The molecule has 1 aromatic rings. The number of likely N-dealkylation sites (tertiary alicyclic amines) is 1. The van der Waals surface area contributed by atoms with E-state index in [1.807, 2.05) is 27.9 Å². The average molecular weight is 321 g/mol. The molecule has 0 aliphatic carbocycles. The summed E-state index contributed by atoms with van der Waals surface area (Å²) in [5, 5.41) is 0. The summed E-state index contributed by atoms with van der Waals surface area (Å²) < 4.78 is 1.88. The van der Waals surface area contributed by atoms with E-state index in [2.05, 4.69) is 0 Å². The van der Waals surface area contributed by atoms with Gasteiger partial charge in [-0.25, -0.2) is 0 Å². The molecule has 5 nitrogen and oxygen atoms in total. The summed E-state index contributed by atoms with van der Waals surface area (Å²) in [4.78, 5) is 26.5. The van der Waals surface area contributed by atoms with E-state index in [1.165, 1.54) is 0 Å². The summed E-state index contributed by atoms with van der Waals surface area (Å²) in [6, 6.07) is 5.05. The van der Waals surface area contributed by atoms with E-state index >= 15 is 0 Å². The molecule has 1 amide bonds. The molecule has 2 bridgehead atoms. The van der Waals surface area contributed by atoms with Gasteiger partial charge in [0.15, 0.2) is 0 Å². The predicted octanol–water partition coefficient (Wildman–Crippen LogP) is 0.874. The van der Waals surface area contributed by atoms with Crippen LogP contribution in [0, 0.1) is 5.92 Å². The van der Waals surface area contributed by atoms with Crippen molar-refractivity contribution in [1.82, 2.24) is 9.47 Å². The molecule has 22 heavy (non-hydrogen) atoms. The highest BCUT2D eigenvalue weighted by Gasteiger charge is 2.37. The second-order valence-corrected chi connectivity index (χ2v) is 7.31. The maximum Gasteiger partial charge on any atom is 0.250 e. The van der Waals surface area contributed by atoms with Gasteiger partial charge < -0.3 is 15.2 Å². The molecule has 3 atom stereocenters. The van der Waals surface area contributed by atoms with Crippen LogP contribution in [0.3, 0.4) is 0 Å². The van der Waals surface area contributed by atoms with Gasteiger partial charge in [0.05, 0.1) is 6.04 Å². The molecule has 0 unspecified atom stereocenters. The van der Waals surface area contributed by atoms with Crippen molar-refractivity contribution in [2.24, 2.45) is 11.7 Å². The van der Waals surface area contributed by atoms with Crippen LogP contribution in [-0.2, 0) is 11.3 Å². The Morgan fingerprint density at radius 1 is 1.41 bits per heavy atom. The van der Waals surface area contributed by atoms with Gasteiger partial charge in [-0.1, -0.05) is 6.07 Å². The number of pyridine rings is 1. The Bertz CT molecular complexity index is 616. The zero-order chi connectivity index (χ0) is 15.7. The minimum atomic E-state index is -0.399. The molecule has 1 aromatic heterocycles. The van der Waals surface area contributed by atoms with Gasteiger partial charge in [-0.15, -0.1) is 0 Å². The number of piperidine rings is 1. The lowest BCUT2D eigenvalue weighted by atomic mass is 9.83. The first-order valence-corrected chi connectivity index (χ1v) is 9.22. The van der Waals surface area contributed by atoms with E-state index in [9.17, 15) is 9.59 Å². The van der Waals surface area contributed by atoms with Crippen molar-refractivity contribution < 1.29 is 4.79 Å². The maximum atomic E-state index is 12.5. The molecule has 0 spiro atoms. The number of rotatable bonds is 4. The highest BCUT2D eigenvalue weighted by Crippen LogP contribution is 2.35. The molecule has 6 heteroatoms. The second kappa shape index (κ2) is 6.46. The van der Waals surface area contributed by atoms with Gasteiger partial charge in [0, 0.05) is 37.3 Å². The standard InChI is InChI=1S/C16H23N3O2S/c1-22-6-5-13(17)16(21)18-8-11-7-12(10-18)14-3-2-4-15(20)19(14)9-11/h2-4,11-13H,5-10,17H2,1H3/t11-,12+,13+/m0/s1. The smallest absolute Gasteiger partial charge is 0.250 e. The van der Waals surface area contributed by atoms with Crippen molar-refractivity contribution in [2.75, 3.05) is 25.1 Å². The number of nitrogens with zero attached hydrogens (tertiary/aromatic N) is 2. The fourth-order valence-electron chi connectivity index (χ4n) is 3.68. The number of thioether (sulfide) groups is 1. The Hall–Kier alpha value is -1.27. The third-order valence-electron chi connectivity index (χ3n) is 4.74. The van der Waals surface area contributed by atoms with Crippen LogP contribution in [-0.4, -0.2) is 46.5 Å². The first-order chi connectivity index (χ1) is 10.6. The number of amides is 1. The van der Waals surface area contributed by atoms with E-state index < -0.39 is 6.04 Å². The summed E-state index contributed by atoms with van der Waals surface area (Å²) in [5.74, 6) is 1.60. The Labute approximate surface area is 134 Å². The van der Waals surface area contributed by atoms with Crippen molar-refractivity contribution in [3.63, 3.8) is 0 Å². The van der Waals surface area contributed by atoms with Gasteiger partial charge in [-0.3, -0.25) is 9.59 Å². The second-order valence-electron chi connectivity index (χ2n) is 6.33. The lowest BCUT2D eigenvalue weighted by Crippen LogP contribution is -2.53. The summed E-state index contributed by atoms with van der Waals surface area (Å²) in [6.45, 7) is 2.13. The van der Waals surface area contributed by atoms with Gasteiger partial charge in [0.25, 0.3) is 5.56 Å². The zero-order valence-electron chi connectivity index (χ0n) is 12.9. The van der Waals surface area contributed by atoms with Crippen LogP contribution in [0.25, 0.3) is 0 Å². The molecule has 2 aliphatic heterocycles. The number of fused-ring (bicyclic) bond motifs is 4. The lowest BCUT2D eigenvalue weighted by molar-refractivity contribution is -0.135. The molecule has 3 heterocycles. The Kier molecular flexibility index (Phi) is 4.59. The van der Waals surface area contributed by atoms with Crippen LogP contribution in [0.4, 0.5) is 0 Å². The van der Waals surface area contributed by atoms with Crippen molar-refractivity contribution >= 4 is 17.7 Å². The van der Waals surface area contributed by atoms with Crippen molar-refractivity contribution in [3.05, 3.63) is 34.2 Å². The third kappa shape index (κ3) is 2.94. The van der Waals surface area contributed by atoms with Gasteiger partial charge in [-0.2, -0.15) is 11.8 Å². The summed E-state index contributed by atoms with van der Waals surface area (Å²) in [7, 11) is 0. The topological polar surface area (TPSA) is 68.3 Å². The summed E-state index contributed by atoms with van der Waals surface area (Å²) in [6.07, 6.45) is 3.81. The van der Waals surface area contributed by atoms with E-state index in [-0.39, 0.29) is 17.4 Å². The number of nitrogens with two attached hydrogens (primary N) is 1. The first-order valence-electron chi connectivity index (χ1n) is 7.83. The summed E-state index contributed by atoms with van der Waals surface area (Å²) in [5.41, 5.74) is 7.18. The van der Waals surface area contributed by atoms with Gasteiger partial charge in [0.1, 0.15) is 0 Å². The molecule has 3 rings (SSSR count). The van der Waals surface area contributed by atoms with Crippen molar-refractivity contribution in [3.8, 4) is 0 Å². The zero-order valence-corrected chi connectivity index (χ0v) is 13.7. The molecule has 0 saturated carbocycles. The number of hydrogen-bond acceptors (Lipinski definition) is 4. The van der Waals surface area contributed by atoms with Crippen LogP contribution >= 0.6 is 11.8 Å². The van der Waals surface area contributed by atoms with Gasteiger partial charge in [0.2, 0.25) is 5.91 Å². The van der Waals surface area contributed by atoms with Gasteiger partial charge in [-0.05, 0) is 36.8 Å². The number of carbonyl (C=O) groups excluding carboxylic acids is 1. The lowest BCUT2D eigenvalue weighted by Gasteiger charge is -2.43. The molecular weight excluding hydrogens is 298 g/mol. The van der Waals surface area contributed by atoms with Crippen LogP contribution in [0.5, 0.6) is 0 Å². The quantitative estimate of drug-likeness (QED) is 0.894. The SMILES string of the molecule is CSCC[C@@H](N)C(=O)N1C[C@@H]2C[C@H](C1)c1cccc(=O)n1C2. The highest BCUT2D eigenvalue weighted by molar-refractivity contribution is 7.98. The molecule has 2 N–H and O–H groups in total. The van der Waals surface area contributed by atoms with Crippen molar-refractivity contribution in [2.45, 2.75) is 31.3 Å². The monoisotopic (exact) mass is 321 g/mol.